The standard InChI is InChI=1S/C14H15NO2/c1-9(2)12-7-11(13(8-16)15-12)10-5-3-4-6-14(10)17/h3-9,15,17H,1-2H3. The highest BCUT2D eigenvalue weighted by molar-refractivity contribution is 5.88. The predicted molar refractivity (Wildman–Crippen MR) is 67.4 cm³/mol. The maximum absolute atomic E-state index is 11.0. The molecule has 2 rings (SSSR count). The molecule has 0 spiro atoms. The Balaban J connectivity index is 2.59. The van der Waals surface area contributed by atoms with Crippen molar-refractivity contribution in [2.24, 2.45) is 0 Å². The number of hydrogen-bond acceptors (Lipinski definition) is 2. The van der Waals surface area contributed by atoms with E-state index in [0.29, 0.717) is 17.2 Å². The van der Waals surface area contributed by atoms with Crippen molar-refractivity contribution in [1.29, 1.82) is 0 Å². The molecule has 0 aliphatic carbocycles. The maximum Gasteiger partial charge on any atom is 0.166 e. The van der Waals surface area contributed by atoms with E-state index in [4.69, 9.17) is 0 Å². The van der Waals surface area contributed by atoms with Crippen molar-refractivity contribution in [3.8, 4) is 16.9 Å². The Bertz CT molecular complexity index is 541. The van der Waals surface area contributed by atoms with Gasteiger partial charge in [0.2, 0.25) is 0 Å². The lowest BCUT2D eigenvalue weighted by Gasteiger charge is -2.02. The van der Waals surface area contributed by atoms with Crippen LogP contribution in [0.4, 0.5) is 0 Å². The molecule has 2 N–H and O–H groups in total. The smallest absolute Gasteiger partial charge is 0.166 e. The molecule has 0 aliphatic rings. The summed E-state index contributed by atoms with van der Waals surface area (Å²) in [4.78, 5) is 14.1. The van der Waals surface area contributed by atoms with Gasteiger partial charge in [-0.3, -0.25) is 4.79 Å². The summed E-state index contributed by atoms with van der Waals surface area (Å²) in [7, 11) is 0. The summed E-state index contributed by atoms with van der Waals surface area (Å²) in [6.45, 7) is 4.10. The third-order valence-electron chi connectivity index (χ3n) is 2.80. The molecule has 0 bridgehead atoms. The van der Waals surface area contributed by atoms with Gasteiger partial charge in [0.15, 0.2) is 6.29 Å². The van der Waals surface area contributed by atoms with E-state index < -0.39 is 0 Å². The number of aromatic hydroxyl groups is 1. The fourth-order valence-corrected chi connectivity index (χ4v) is 1.82. The fourth-order valence-electron chi connectivity index (χ4n) is 1.82. The molecule has 0 amide bonds. The van der Waals surface area contributed by atoms with Crippen LogP contribution in [0.2, 0.25) is 0 Å². The summed E-state index contributed by atoms with van der Waals surface area (Å²) in [5, 5.41) is 9.80. The molecular formula is C14H15NO2. The number of rotatable bonds is 3. The largest absolute Gasteiger partial charge is 0.507 e. The number of benzene rings is 1. The van der Waals surface area contributed by atoms with Crippen molar-refractivity contribution in [3.63, 3.8) is 0 Å². The van der Waals surface area contributed by atoms with Crippen LogP contribution in [0.15, 0.2) is 30.3 Å². The first-order valence-electron chi connectivity index (χ1n) is 5.60. The average Bonchev–Trinajstić information content (AvgIpc) is 2.73. The normalized spacial score (nSPS) is 10.8. The first-order valence-corrected chi connectivity index (χ1v) is 5.60. The Hall–Kier alpha value is -2.03. The second-order valence-electron chi connectivity index (χ2n) is 4.34. The molecule has 1 aromatic carbocycles. The minimum absolute atomic E-state index is 0.185. The lowest BCUT2D eigenvalue weighted by molar-refractivity contribution is 0.112. The Labute approximate surface area is 100 Å². The van der Waals surface area contributed by atoms with Gasteiger partial charge in [0.25, 0.3) is 0 Å². The van der Waals surface area contributed by atoms with Gasteiger partial charge in [-0.25, -0.2) is 0 Å². The second kappa shape index (κ2) is 4.45. The zero-order valence-electron chi connectivity index (χ0n) is 9.90. The van der Waals surface area contributed by atoms with Crippen LogP contribution in [0.3, 0.4) is 0 Å². The van der Waals surface area contributed by atoms with Gasteiger partial charge >= 0.3 is 0 Å². The first-order chi connectivity index (χ1) is 8.13. The van der Waals surface area contributed by atoms with Gasteiger partial charge in [0.05, 0.1) is 5.69 Å². The molecule has 0 aliphatic heterocycles. The quantitative estimate of drug-likeness (QED) is 0.793. The van der Waals surface area contributed by atoms with Crippen molar-refractivity contribution in [3.05, 3.63) is 41.7 Å². The lowest BCUT2D eigenvalue weighted by atomic mass is 10.0. The van der Waals surface area contributed by atoms with E-state index in [1.54, 1.807) is 18.2 Å². The molecule has 0 unspecified atom stereocenters. The highest BCUT2D eigenvalue weighted by Gasteiger charge is 2.13. The number of H-pyrrole nitrogens is 1. The molecule has 1 aromatic heterocycles. The molecule has 88 valence electrons. The summed E-state index contributed by atoms with van der Waals surface area (Å²) in [6, 6.07) is 8.94. The summed E-state index contributed by atoms with van der Waals surface area (Å²) in [6.07, 6.45) is 0.785. The predicted octanol–water partition coefficient (Wildman–Crippen LogP) is 3.32. The van der Waals surface area contributed by atoms with Crippen LogP contribution in [0.1, 0.15) is 35.9 Å². The molecule has 3 heteroatoms. The highest BCUT2D eigenvalue weighted by atomic mass is 16.3. The molecule has 1 heterocycles. The van der Waals surface area contributed by atoms with Gasteiger partial charge in [0.1, 0.15) is 5.75 Å². The van der Waals surface area contributed by atoms with Crippen molar-refractivity contribution in [2.75, 3.05) is 0 Å². The number of nitrogens with one attached hydrogen (secondary N) is 1. The number of aromatic nitrogens is 1. The first kappa shape index (κ1) is 11.5. The van der Waals surface area contributed by atoms with Crippen LogP contribution in [0, 0.1) is 0 Å². The molecule has 17 heavy (non-hydrogen) atoms. The number of phenols is 1. The Kier molecular flexibility index (Phi) is 3.00. The molecule has 3 nitrogen and oxygen atoms in total. The van der Waals surface area contributed by atoms with Gasteiger partial charge in [0, 0.05) is 16.8 Å². The van der Waals surface area contributed by atoms with Crippen molar-refractivity contribution in [2.45, 2.75) is 19.8 Å². The fraction of sp³-hybridized carbons (Fsp3) is 0.214. The zero-order chi connectivity index (χ0) is 12.4. The Morgan fingerprint density at radius 3 is 2.53 bits per heavy atom. The number of aldehydes is 1. The SMILES string of the molecule is CC(C)c1cc(-c2ccccc2O)c(C=O)[nH]1. The third kappa shape index (κ3) is 2.09. The van der Waals surface area contributed by atoms with Crippen molar-refractivity contribution < 1.29 is 9.90 Å². The maximum atomic E-state index is 11.0. The van der Waals surface area contributed by atoms with Crippen LogP contribution < -0.4 is 0 Å². The summed E-state index contributed by atoms with van der Waals surface area (Å²) >= 11 is 0. The van der Waals surface area contributed by atoms with Crippen LogP contribution in [-0.4, -0.2) is 16.4 Å². The zero-order valence-corrected chi connectivity index (χ0v) is 9.90. The Morgan fingerprint density at radius 1 is 1.24 bits per heavy atom. The van der Waals surface area contributed by atoms with E-state index in [1.807, 2.05) is 12.1 Å². The van der Waals surface area contributed by atoms with Gasteiger partial charge in [-0.05, 0) is 18.1 Å². The van der Waals surface area contributed by atoms with Crippen LogP contribution in [0.25, 0.3) is 11.1 Å². The number of hydrogen-bond donors (Lipinski definition) is 2. The van der Waals surface area contributed by atoms with Gasteiger partial charge in [-0.1, -0.05) is 32.0 Å². The van der Waals surface area contributed by atoms with E-state index in [1.165, 1.54) is 0 Å². The monoisotopic (exact) mass is 229 g/mol. The lowest BCUT2D eigenvalue weighted by Crippen LogP contribution is -1.88. The van der Waals surface area contributed by atoms with Crippen molar-refractivity contribution in [1.82, 2.24) is 4.98 Å². The van der Waals surface area contributed by atoms with Crippen LogP contribution >= 0.6 is 0 Å². The summed E-state index contributed by atoms with van der Waals surface area (Å²) in [5.41, 5.74) is 2.93. The van der Waals surface area contributed by atoms with Crippen LogP contribution in [-0.2, 0) is 0 Å². The number of carbonyl (C=O) groups is 1. The van der Waals surface area contributed by atoms with Gasteiger partial charge < -0.3 is 10.1 Å². The van der Waals surface area contributed by atoms with E-state index in [2.05, 4.69) is 18.8 Å². The molecule has 0 fully saturated rings. The number of aromatic amines is 1. The van der Waals surface area contributed by atoms with E-state index in [0.717, 1.165) is 17.5 Å². The van der Waals surface area contributed by atoms with E-state index in [9.17, 15) is 9.90 Å². The van der Waals surface area contributed by atoms with E-state index in [-0.39, 0.29) is 5.75 Å². The molecule has 0 atom stereocenters. The summed E-state index contributed by atoms with van der Waals surface area (Å²) in [5.74, 6) is 0.498. The second-order valence-corrected chi connectivity index (χ2v) is 4.34. The van der Waals surface area contributed by atoms with Crippen LogP contribution in [0.5, 0.6) is 5.75 Å². The molecule has 0 saturated heterocycles. The molecule has 2 aromatic rings. The van der Waals surface area contributed by atoms with E-state index >= 15 is 0 Å². The third-order valence-corrected chi connectivity index (χ3v) is 2.80. The number of phenolic OH excluding ortho intramolecular Hbond substituents is 1. The molecular weight excluding hydrogens is 214 g/mol. The minimum atomic E-state index is 0.185. The van der Waals surface area contributed by atoms with Crippen molar-refractivity contribution >= 4 is 6.29 Å². The number of carbonyl (C=O) groups excluding carboxylic acids is 1. The van der Waals surface area contributed by atoms with Gasteiger partial charge in [-0.2, -0.15) is 0 Å². The molecule has 0 radical (unpaired) electrons. The Morgan fingerprint density at radius 2 is 1.94 bits per heavy atom. The average molecular weight is 229 g/mol. The topological polar surface area (TPSA) is 53.1 Å². The summed E-state index contributed by atoms with van der Waals surface area (Å²) < 4.78 is 0. The highest BCUT2D eigenvalue weighted by Crippen LogP contribution is 2.32. The minimum Gasteiger partial charge on any atom is -0.507 e. The number of para-hydroxylation sites is 1. The van der Waals surface area contributed by atoms with Gasteiger partial charge in [-0.15, -0.1) is 0 Å². The molecule has 0 saturated carbocycles.